The normalized spacial score (nSPS) is 18.2. The van der Waals surface area contributed by atoms with Crippen molar-refractivity contribution in [1.29, 1.82) is 0 Å². The zero-order valence-electron chi connectivity index (χ0n) is 14.1. The van der Waals surface area contributed by atoms with Crippen molar-refractivity contribution in [3.63, 3.8) is 0 Å². The minimum Gasteiger partial charge on any atom is -0.351 e. The van der Waals surface area contributed by atoms with Gasteiger partial charge in [0.05, 0.1) is 5.75 Å². The first-order valence-electron chi connectivity index (χ1n) is 8.34. The Kier molecular flexibility index (Phi) is 5.23. The van der Waals surface area contributed by atoms with E-state index < -0.39 is 22.0 Å². The van der Waals surface area contributed by atoms with Crippen molar-refractivity contribution >= 4 is 33.6 Å². The second-order valence-corrected chi connectivity index (χ2v) is 8.25. The molecule has 1 aromatic rings. The van der Waals surface area contributed by atoms with E-state index in [1.807, 2.05) is 0 Å². The Morgan fingerprint density at radius 1 is 1.12 bits per heavy atom. The monoisotopic (exact) mass is 380 g/mol. The van der Waals surface area contributed by atoms with Crippen LogP contribution in [-0.2, 0) is 14.8 Å². The second kappa shape index (κ2) is 7.42. The predicted molar refractivity (Wildman–Crippen MR) is 94.3 cm³/mol. The highest BCUT2D eigenvalue weighted by molar-refractivity contribution is 7.89. The van der Waals surface area contributed by atoms with E-state index in [1.54, 1.807) is 12.1 Å². The number of imide groups is 1. The van der Waals surface area contributed by atoms with Crippen molar-refractivity contribution in [1.82, 2.24) is 14.9 Å². The predicted octanol–water partition coefficient (Wildman–Crippen LogP) is -0.102. The molecule has 10 heteroatoms. The van der Waals surface area contributed by atoms with Crippen molar-refractivity contribution in [3.8, 4) is 0 Å². The average Bonchev–Trinajstić information content (AvgIpc) is 3.25. The van der Waals surface area contributed by atoms with E-state index in [1.165, 1.54) is 21.3 Å². The Labute approximate surface area is 151 Å². The summed E-state index contributed by atoms with van der Waals surface area (Å²) in [7, 11) is -3.33. The first kappa shape index (κ1) is 18.3. The highest BCUT2D eigenvalue weighted by Gasteiger charge is 2.28. The summed E-state index contributed by atoms with van der Waals surface area (Å²) in [6, 6.07) is 5.67. The summed E-state index contributed by atoms with van der Waals surface area (Å²) in [5.41, 5.74) is 0.847. The van der Waals surface area contributed by atoms with Crippen molar-refractivity contribution in [2.75, 3.05) is 36.8 Å². The lowest BCUT2D eigenvalue weighted by Gasteiger charge is -2.16. The smallest absolute Gasteiger partial charge is 0.329 e. The molecule has 0 unspecified atom stereocenters. The third kappa shape index (κ3) is 4.02. The van der Waals surface area contributed by atoms with Crippen LogP contribution >= 0.6 is 0 Å². The van der Waals surface area contributed by atoms with Crippen LogP contribution < -0.4 is 15.5 Å². The number of benzene rings is 1. The van der Waals surface area contributed by atoms with Gasteiger partial charge in [0.25, 0.3) is 5.91 Å². The maximum Gasteiger partial charge on any atom is 0.329 e. The molecule has 2 fully saturated rings. The van der Waals surface area contributed by atoms with Gasteiger partial charge in [-0.3, -0.25) is 19.8 Å². The minimum atomic E-state index is -3.33. The van der Waals surface area contributed by atoms with E-state index in [9.17, 15) is 22.8 Å². The van der Waals surface area contributed by atoms with Crippen LogP contribution in [0, 0.1) is 0 Å². The van der Waals surface area contributed by atoms with Gasteiger partial charge in [0.1, 0.15) is 6.54 Å². The average molecular weight is 380 g/mol. The molecular formula is C16H20N4O5S. The van der Waals surface area contributed by atoms with E-state index in [-0.39, 0.29) is 24.7 Å². The number of carbonyl (C=O) groups is 3. The van der Waals surface area contributed by atoms with Gasteiger partial charge >= 0.3 is 6.03 Å². The van der Waals surface area contributed by atoms with Crippen molar-refractivity contribution in [3.05, 3.63) is 29.8 Å². The molecule has 9 nitrogen and oxygen atoms in total. The van der Waals surface area contributed by atoms with Gasteiger partial charge in [0, 0.05) is 30.9 Å². The van der Waals surface area contributed by atoms with Crippen molar-refractivity contribution in [2.24, 2.45) is 0 Å². The Morgan fingerprint density at radius 3 is 2.35 bits per heavy atom. The number of hydrogen-bond acceptors (Lipinski definition) is 5. The van der Waals surface area contributed by atoms with E-state index in [4.69, 9.17) is 0 Å². The van der Waals surface area contributed by atoms with Gasteiger partial charge in [-0.05, 0) is 37.1 Å². The first-order valence-corrected chi connectivity index (χ1v) is 9.95. The summed E-state index contributed by atoms with van der Waals surface area (Å²) in [5.74, 6) is -0.904. The van der Waals surface area contributed by atoms with E-state index >= 15 is 0 Å². The zero-order valence-corrected chi connectivity index (χ0v) is 14.9. The Morgan fingerprint density at radius 2 is 1.77 bits per heavy atom. The standard InChI is InChI=1S/C16H20N4O5S/c21-14-11-20(16(23)18-14)13-5-3-12(4-6-13)15(22)17-7-10-26(24,25)19-8-1-2-9-19/h3-6H,1-2,7-11H2,(H,17,22)(H,18,21,23). The van der Waals surface area contributed by atoms with Crippen LogP contribution in [0.3, 0.4) is 0 Å². The quantitative estimate of drug-likeness (QED) is 0.669. The molecule has 26 heavy (non-hydrogen) atoms. The number of nitrogens with one attached hydrogen (secondary N) is 2. The van der Waals surface area contributed by atoms with E-state index in [0.717, 1.165) is 12.8 Å². The highest BCUT2D eigenvalue weighted by atomic mass is 32.2. The summed E-state index contributed by atoms with van der Waals surface area (Å²) in [4.78, 5) is 36.2. The van der Waals surface area contributed by atoms with Gasteiger partial charge in [-0.25, -0.2) is 17.5 Å². The molecule has 0 saturated carbocycles. The molecule has 0 aromatic heterocycles. The van der Waals surface area contributed by atoms with Gasteiger partial charge in [-0.1, -0.05) is 0 Å². The van der Waals surface area contributed by atoms with Crippen LogP contribution in [-0.4, -0.2) is 62.5 Å². The third-order valence-corrected chi connectivity index (χ3v) is 6.21. The number of nitrogens with zero attached hydrogens (tertiary/aromatic N) is 2. The van der Waals surface area contributed by atoms with E-state index in [2.05, 4.69) is 10.6 Å². The van der Waals surface area contributed by atoms with Crippen LogP contribution in [0.2, 0.25) is 0 Å². The number of rotatable bonds is 6. The zero-order chi connectivity index (χ0) is 18.7. The topological polar surface area (TPSA) is 116 Å². The molecule has 2 heterocycles. The fraction of sp³-hybridized carbons (Fsp3) is 0.438. The molecule has 0 aliphatic carbocycles. The summed E-state index contributed by atoms with van der Waals surface area (Å²) in [6.45, 7) is 1.07. The summed E-state index contributed by atoms with van der Waals surface area (Å²) in [5, 5.41) is 4.77. The molecular weight excluding hydrogens is 360 g/mol. The SMILES string of the molecule is O=C1CN(c2ccc(C(=O)NCCS(=O)(=O)N3CCCC3)cc2)C(=O)N1. The number of urea groups is 1. The molecule has 0 atom stereocenters. The third-order valence-electron chi connectivity index (χ3n) is 4.34. The van der Waals surface area contributed by atoms with Crippen LogP contribution in [0.25, 0.3) is 0 Å². The number of hydrogen-bond donors (Lipinski definition) is 2. The fourth-order valence-electron chi connectivity index (χ4n) is 2.93. The second-order valence-electron chi connectivity index (χ2n) is 6.16. The van der Waals surface area contributed by atoms with Gasteiger partial charge in [0.15, 0.2) is 0 Å². The molecule has 2 aliphatic rings. The molecule has 2 saturated heterocycles. The van der Waals surface area contributed by atoms with Crippen molar-refractivity contribution in [2.45, 2.75) is 12.8 Å². The molecule has 2 aliphatic heterocycles. The largest absolute Gasteiger partial charge is 0.351 e. The molecule has 140 valence electrons. The van der Waals surface area contributed by atoms with Gasteiger partial charge in [0.2, 0.25) is 15.9 Å². The van der Waals surface area contributed by atoms with Crippen LogP contribution in [0.1, 0.15) is 23.2 Å². The Bertz CT molecular complexity index is 816. The number of carbonyl (C=O) groups excluding carboxylic acids is 3. The number of amides is 4. The molecule has 4 amide bonds. The lowest BCUT2D eigenvalue weighted by Crippen LogP contribution is -2.36. The van der Waals surface area contributed by atoms with Crippen LogP contribution in [0.5, 0.6) is 0 Å². The molecule has 0 bridgehead atoms. The summed E-state index contributed by atoms with van der Waals surface area (Å²) >= 11 is 0. The van der Waals surface area contributed by atoms with E-state index in [0.29, 0.717) is 24.3 Å². The first-order chi connectivity index (χ1) is 12.4. The molecule has 1 aromatic carbocycles. The minimum absolute atomic E-state index is 0.0302. The van der Waals surface area contributed by atoms with Crippen LogP contribution in [0.15, 0.2) is 24.3 Å². The van der Waals surface area contributed by atoms with Crippen molar-refractivity contribution < 1.29 is 22.8 Å². The summed E-state index contributed by atoms with van der Waals surface area (Å²) in [6.07, 6.45) is 1.75. The Hall–Kier alpha value is -2.46. The van der Waals surface area contributed by atoms with Gasteiger partial charge in [-0.2, -0.15) is 0 Å². The molecule has 0 radical (unpaired) electrons. The van der Waals surface area contributed by atoms with Crippen LogP contribution in [0.4, 0.5) is 10.5 Å². The lowest BCUT2D eigenvalue weighted by atomic mass is 10.2. The molecule has 0 spiro atoms. The Balaban J connectivity index is 1.53. The lowest BCUT2D eigenvalue weighted by molar-refractivity contribution is -0.117. The highest BCUT2D eigenvalue weighted by Crippen LogP contribution is 2.17. The maximum absolute atomic E-state index is 12.1. The molecule has 3 rings (SSSR count). The van der Waals surface area contributed by atoms with Gasteiger partial charge < -0.3 is 5.32 Å². The fourth-order valence-corrected chi connectivity index (χ4v) is 4.37. The number of anilines is 1. The molecule has 2 N–H and O–H groups in total. The maximum atomic E-state index is 12.1. The van der Waals surface area contributed by atoms with Gasteiger partial charge in [-0.15, -0.1) is 0 Å². The summed E-state index contributed by atoms with van der Waals surface area (Å²) < 4.78 is 25.7. The number of sulfonamides is 1.